The van der Waals surface area contributed by atoms with Gasteiger partial charge in [0.2, 0.25) is 0 Å². The molecule has 0 spiro atoms. The fourth-order valence-corrected chi connectivity index (χ4v) is 0.818. The third-order valence-electron chi connectivity index (χ3n) is 1.11. The second-order valence-electron chi connectivity index (χ2n) is 1.96. The highest BCUT2D eigenvalue weighted by Crippen LogP contribution is 2.01. The molecule has 0 radical (unpaired) electrons. The number of hydrogen-bond acceptors (Lipinski definition) is 1. The molecule has 0 saturated heterocycles. The molecule has 1 aromatic heterocycles. The molecule has 0 amide bonds. The predicted molar refractivity (Wildman–Crippen MR) is 38.5 cm³/mol. The highest BCUT2D eigenvalue weighted by atomic mass is 35.5. The van der Waals surface area contributed by atoms with E-state index in [1.54, 1.807) is 6.20 Å². The number of alkyl halides is 1. The summed E-state index contributed by atoms with van der Waals surface area (Å²) in [6, 6.07) is 3.93. The number of aryl methyl sites for hydroxylation is 1. The first-order valence-electron chi connectivity index (χ1n) is 2.80. The standard InChI is InChI=1S/C7H8ClN/c1-6-2-3-9-7(4-6)5-8/h2-4H,5H2,1H3. The zero-order valence-corrected chi connectivity index (χ0v) is 6.02. The van der Waals surface area contributed by atoms with Crippen LogP contribution in [0.25, 0.3) is 0 Å². The number of rotatable bonds is 1. The van der Waals surface area contributed by atoms with Gasteiger partial charge in [0.1, 0.15) is 0 Å². The molecule has 0 aromatic carbocycles. The van der Waals surface area contributed by atoms with Gasteiger partial charge in [-0.15, -0.1) is 11.6 Å². The van der Waals surface area contributed by atoms with Gasteiger partial charge >= 0.3 is 0 Å². The Kier molecular flexibility index (Phi) is 2.06. The monoisotopic (exact) mass is 141 g/mol. The lowest BCUT2D eigenvalue weighted by atomic mass is 10.3. The molecule has 48 valence electrons. The Balaban J connectivity index is 2.94. The van der Waals surface area contributed by atoms with Crippen molar-refractivity contribution >= 4 is 11.6 Å². The van der Waals surface area contributed by atoms with E-state index in [-0.39, 0.29) is 0 Å². The van der Waals surface area contributed by atoms with Crippen LogP contribution in [-0.2, 0) is 5.88 Å². The van der Waals surface area contributed by atoms with E-state index < -0.39 is 0 Å². The van der Waals surface area contributed by atoms with Crippen LogP contribution >= 0.6 is 11.6 Å². The Morgan fingerprint density at radius 2 is 2.44 bits per heavy atom. The van der Waals surface area contributed by atoms with Gasteiger partial charge in [-0.1, -0.05) is 0 Å². The summed E-state index contributed by atoms with van der Waals surface area (Å²) in [5.41, 5.74) is 2.15. The predicted octanol–water partition coefficient (Wildman–Crippen LogP) is 2.13. The van der Waals surface area contributed by atoms with Gasteiger partial charge in [-0.3, -0.25) is 4.98 Å². The normalized spacial score (nSPS) is 9.56. The zero-order valence-electron chi connectivity index (χ0n) is 5.26. The lowest BCUT2D eigenvalue weighted by molar-refractivity contribution is 1.15. The summed E-state index contributed by atoms with van der Waals surface area (Å²) in [7, 11) is 0. The lowest BCUT2D eigenvalue weighted by Crippen LogP contribution is -1.83. The van der Waals surface area contributed by atoms with Gasteiger partial charge < -0.3 is 0 Å². The highest BCUT2D eigenvalue weighted by molar-refractivity contribution is 6.16. The van der Waals surface area contributed by atoms with E-state index in [2.05, 4.69) is 4.98 Å². The summed E-state index contributed by atoms with van der Waals surface area (Å²) in [6.45, 7) is 2.03. The molecule has 0 aliphatic rings. The van der Waals surface area contributed by atoms with Crippen LogP contribution in [0.5, 0.6) is 0 Å². The van der Waals surface area contributed by atoms with Crippen molar-refractivity contribution < 1.29 is 0 Å². The van der Waals surface area contributed by atoms with E-state index in [9.17, 15) is 0 Å². The van der Waals surface area contributed by atoms with Crippen molar-refractivity contribution in [1.82, 2.24) is 4.98 Å². The van der Waals surface area contributed by atoms with E-state index in [0.29, 0.717) is 5.88 Å². The Morgan fingerprint density at radius 1 is 1.67 bits per heavy atom. The Labute approximate surface area is 59.7 Å². The molecule has 0 aliphatic carbocycles. The molecule has 0 saturated carbocycles. The summed E-state index contributed by atoms with van der Waals surface area (Å²) in [5.74, 6) is 0.502. The van der Waals surface area contributed by atoms with Crippen LogP contribution < -0.4 is 0 Å². The number of hydrogen-bond donors (Lipinski definition) is 0. The summed E-state index contributed by atoms with van der Waals surface area (Å²) < 4.78 is 0. The third kappa shape index (κ3) is 1.68. The van der Waals surface area contributed by atoms with E-state index in [1.807, 2.05) is 19.1 Å². The maximum absolute atomic E-state index is 5.54. The number of halogens is 1. The van der Waals surface area contributed by atoms with E-state index in [0.717, 1.165) is 5.69 Å². The van der Waals surface area contributed by atoms with E-state index in [4.69, 9.17) is 11.6 Å². The minimum Gasteiger partial charge on any atom is -0.260 e. The molecule has 0 aliphatic heterocycles. The largest absolute Gasteiger partial charge is 0.260 e. The fraction of sp³-hybridized carbons (Fsp3) is 0.286. The molecule has 0 atom stereocenters. The first kappa shape index (κ1) is 6.56. The average molecular weight is 142 g/mol. The second kappa shape index (κ2) is 2.83. The summed E-state index contributed by atoms with van der Waals surface area (Å²) in [5, 5.41) is 0. The van der Waals surface area contributed by atoms with Crippen LogP contribution in [0.4, 0.5) is 0 Å². The maximum atomic E-state index is 5.54. The van der Waals surface area contributed by atoms with Crippen LogP contribution in [0, 0.1) is 6.92 Å². The molecule has 0 bridgehead atoms. The topological polar surface area (TPSA) is 12.9 Å². The Morgan fingerprint density at radius 3 is 2.89 bits per heavy atom. The number of nitrogens with zero attached hydrogens (tertiary/aromatic N) is 1. The van der Waals surface area contributed by atoms with Crippen molar-refractivity contribution in [2.24, 2.45) is 0 Å². The number of aromatic nitrogens is 1. The first-order chi connectivity index (χ1) is 4.33. The van der Waals surface area contributed by atoms with Gasteiger partial charge in [-0.05, 0) is 24.6 Å². The molecule has 9 heavy (non-hydrogen) atoms. The minimum atomic E-state index is 0.502. The molecule has 1 rings (SSSR count). The second-order valence-corrected chi connectivity index (χ2v) is 2.23. The maximum Gasteiger partial charge on any atom is 0.0647 e. The van der Waals surface area contributed by atoms with Crippen molar-refractivity contribution in [3.05, 3.63) is 29.6 Å². The van der Waals surface area contributed by atoms with Crippen LogP contribution in [0.2, 0.25) is 0 Å². The molecule has 2 heteroatoms. The van der Waals surface area contributed by atoms with Crippen LogP contribution in [0.15, 0.2) is 18.3 Å². The summed E-state index contributed by atoms with van der Waals surface area (Å²) in [6.07, 6.45) is 1.77. The SMILES string of the molecule is Cc1ccnc(CCl)c1. The van der Waals surface area contributed by atoms with Crippen molar-refractivity contribution in [2.45, 2.75) is 12.8 Å². The highest BCUT2D eigenvalue weighted by Gasteiger charge is 1.88. The van der Waals surface area contributed by atoms with Crippen molar-refractivity contribution in [3.8, 4) is 0 Å². The fourth-order valence-electron chi connectivity index (χ4n) is 0.672. The van der Waals surface area contributed by atoms with Crippen LogP contribution in [0.1, 0.15) is 11.3 Å². The van der Waals surface area contributed by atoms with Gasteiger partial charge in [-0.2, -0.15) is 0 Å². The third-order valence-corrected chi connectivity index (χ3v) is 1.38. The van der Waals surface area contributed by atoms with Gasteiger partial charge in [0, 0.05) is 6.20 Å². The lowest BCUT2D eigenvalue weighted by Gasteiger charge is -1.93. The molecule has 1 heterocycles. The number of pyridine rings is 1. The first-order valence-corrected chi connectivity index (χ1v) is 3.34. The molecule has 0 N–H and O–H groups in total. The van der Waals surface area contributed by atoms with Crippen molar-refractivity contribution in [1.29, 1.82) is 0 Å². The molecule has 1 aromatic rings. The Hall–Kier alpha value is -0.560. The molecular formula is C7H8ClN. The molecule has 0 unspecified atom stereocenters. The van der Waals surface area contributed by atoms with Gasteiger partial charge in [-0.25, -0.2) is 0 Å². The van der Waals surface area contributed by atoms with Crippen LogP contribution in [-0.4, -0.2) is 4.98 Å². The molecular weight excluding hydrogens is 134 g/mol. The Bertz CT molecular complexity index is 198. The average Bonchev–Trinajstić information content (AvgIpc) is 1.88. The summed E-state index contributed by atoms with van der Waals surface area (Å²) >= 11 is 5.54. The summed E-state index contributed by atoms with van der Waals surface area (Å²) in [4.78, 5) is 4.03. The van der Waals surface area contributed by atoms with Gasteiger partial charge in [0.15, 0.2) is 0 Å². The van der Waals surface area contributed by atoms with Gasteiger partial charge in [0.05, 0.1) is 11.6 Å². The molecule has 0 fully saturated rings. The van der Waals surface area contributed by atoms with Gasteiger partial charge in [0.25, 0.3) is 0 Å². The van der Waals surface area contributed by atoms with Crippen molar-refractivity contribution in [3.63, 3.8) is 0 Å². The smallest absolute Gasteiger partial charge is 0.0647 e. The van der Waals surface area contributed by atoms with Crippen LogP contribution in [0.3, 0.4) is 0 Å². The quantitative estimate of drug-likeness (QED) is 0.546. The van der Waals surface area contributed by atoms with E-state index >= 15 is 0 Å². The van der Waals surface area contributed by atoms with Crippen molar-refractivity contribution in [2.75, 3.05) is 0 Å². The van der Waals surface area contributed by atoms with E-state index in [1.165, 1.54) is 5.56 Å². The molecule has 1 nitrogen and oxygen atoms in total. The minimum absolute atomic E-state index is 0.502. The zero-order chi connectivity index (χ0) is 6.69.